The van der Waals surface area contributed by atoms with Crippen molar-refractivity contribution in [2.24, 2.45) is 4.99 Å². The van der Waals surface area contributed by atoms with Gasteiger partial charge in [-0.05, 0) is 37.5 Å². The largest absolute Gasteiger partial charge is 0.464 e. The van der Waals surface area contributed by atoms with Crippen molar-refractivity contribution in [2.75, 3.05) is 11.9 Å². The van der Waals surface area contributed by atoms with Crippen LogP contribution in [0.2, 0.25) is 10.0 Å². The molecule has 32 heavy (non-hydrogen) atoms. The first kappa shape index (κ1) is 23.9. The number of benzene rings is 1. The number of aromatic nitrogens is 1. The van der Waals surface area contributed by atoms with Gasteiger partial charge in [0, 0.05) is 43.1 Å². The van der Waals surface area contributed by atoms with Crippen molar-refractivity contribution in [1.82, 2.24) is 4.98 Å². The van der Waals surface area contributed by atoms with Crippen molar-refractivity contribution in [2.45, 2.75) is 45.1 Å². The smallest absolute Gasteiger partial charge is 0.331 e. The second-order valence-corrected chi connectivity index (χ2v) is 8.18. The molecule has 7 nitrogen and oxygen atoms in total. The van der Waals surface area contributed by atoms with Gasteiger partial charge in [-0.3, -0.25) is 19.6 Å². The Morgan fingerprint density at radius 3 is 2.47 bits per heavy atom. The average Bonchev–Trinajstić information content (AvgIpc) is 2.75. The van der Waals surface area contributed by atoms with Crippen molar-refractivity contribution in [3.05, 3.63) is 57.8 Å². The minimum Gasteiger partial charge on any atom is -0.464 e. The van der Waals surface area contributed by atoms with Gasteiger partial charge in [0.25, 0.3) is 5.91 Å². The highest BCUT2D eigenvalue weighted by Crippen LogP contribution is 2.24. The van der Waals surface area contributed by atoms with Crippen molar-refractivity contribution in [3.8, 4) is 0 Å². The quantitative estimate of drug-likeness (QED) is 0.585. The van der Waals surface area contributed by atoms with Gasteiger partial charge in [0.05, 0.1) is 22.2 Å². The number of amides is 1. The third-order valence-corrected chi connectivity index (χ3v) is 5.51. The monoisotopic (exact) mass is 475 g/mol. The van der Waals surface area contributed by atoms with E-state index in [1.165, 1.54) is 12.4 Å². The maximum absolute atomic E-state index is 12.5. The number of aliphatic imine (C=N–C) groups is 1. The van der Waals surface area contributed by atoms with Crippen LogP contribution in [0, 0.1) is 0 Å². The summed E-state index contributed by atoms with van der Waals surface area (Å²) in [4.78, 5) is 45.1. The van der Waals surface area contributed by atoms with Crippen LogP contribution in [0.25, 0.3) is 0 Å². The molecule has 1 aromatic heterocycles. The maximum atomic E-state index is 12.5. The van der Waals surface area contributed by atoms with E-state index >= 15 is 0 Å². The van der Waals surface area contributed by atoms with Gasteiger partial charge in [0.15, 0.2) is 6.04 Å². The van der Waals surface area contributed by atoms with Crippen LogP contribution in [0.5, 0.6) is 0 Å². The predicted molar refractivity (Wildman–Crippen MR) is 124 cm³/mol. The summed E-state index contributed by atoms with van der Waals surface area (Å²) in [6.45, 7) is 2.00. The summed E-state index contributed by atoms with van der Waals surface area (Å²) in [5.41, 5.74) is 2.27. The van der Waals surface area contributed by atoms with Gasteiger partial charge in [0.1, 0.15) is 5.78 Å². The van der Waals surface area contributed by atoms with E-state index in [1.54, 1.807) is 31.2 Å². The molecule has 2 aromatic rings. The standard InChI is InChI=1S/C23H23Cl2N3O4/c1-2-32-23(31)20(27-16-4-3-5-17(29)11-16)10-14-6-8-15(9-7-14)28-22(30)21-18(24)12-26-13-19(21)25/h6-9,12-13,20H,2-5,10-11H2,1H3,(H,28,30)/t20-/m0/s1. The number of ketones is 1. The molecule has 1 fully saturated rings. The first-order valence-electron chi connectivity index (χ1n) is 10.3. The molecule has 1 atom stereocenters. The molecule has 1 aromatic carbocycles. The lowest BCUT2D eigenvalue weighted by molar-refractivity contribution is -0.144. The molecule has 1 aliphatic carbocycles. The summed E-state index contributed by atoms with van der Waals surface area (Å²) in [6, 6.07) is 6.31. The maximum Gasteiger partial charge on any atom is 0.331 e. The zero-order valence-electron chi connectivity index (χ0n) is 17.6. The molecule has 0 radical (unpaired) electrons. The number of hydrogen-bond donors (Lipinski definition) is 1. The van der Waals surface area contributed by atoms with Crippen LogP contribution in [0.3, 0.4) is 0 Å². The molecule has 1 heterocycles. The molecule has 1 saturated carbocycles. The first-order chi connectivity index (χ1) is 15.4. The molecular weight excluding hydrogens is 453 g/mol. The normalized spacial score (nSPS) is 16.0. The number of carbonyl (C=O) groups is 3. The van der Waals surface area contributed by atoms with E-state index in [0.717, 1.165) is 17.7 Å². The number of nitrogens with one attached hydrogen (secondary N) is 1. The average molecular weight is 476 g/mol. The number of halogens is 2. The molecule has 3 rings (SSSR count). The Labute approximate surface area is 196 Å². The van der Waals surface area contributed by atoms with E-state index in [-0.39, 0.29) is 28.0 Å². The van der Waals surface area contributed by atoms with Crippen molar-refractivity contribution in [1.29, 1.82) is 0 Å². The van der Waals surface area contributed by atoms with Crippen molar-refractivity contribution < 1.29 is 19.1 Å². The minimum atomic E-state index is -0.717. The second-order valence-electron chi connectivity index (χ2n) is 7.37. The molecule has 1 aliphatic rings. The predicted octanol–water partition coefficient (Wildman–Crippen LogP) is 4.70. The fourth-order valence-corrected chi connectivity index (χ4v) is 3.95. The topological polar surface area (TPSA) is 97.7 Å². The fraction of sp³-hybridized carbons (Fsp3) is 0.348. The highest BCUT2D eigenvalue weighted by Gasteiger charge is 2.23. The summed E-state index contributed by atoms with van der Waals surface area (Å²) in [7, 11) is 0. The molecule has 1 amide bonds. The van der Waals surface area contributed by atoms with Crippen LogP contribution < -0.4 is 5.32 Å². The van der Waals surface area contributed by atoms with Gasteiger partial charge in [-0.2, -0.15) is 0 Å². The van der Waals surface area contributed by atoms with Crippen LogP contribution in [0.15, 0.2) is 41.7 Å². The Morgan fingerprint density at radius 1 is 1.16 bits per heavy atom. The number of hydrogen-bond acceptors (Lipinski definition) is 6. The molecule has 0 spiro atoms. The molecule has 0 aliphatic heterocycles. The summed E-state index contributed by atoms with van der Waals surface area (Å²) >= 11 is 12.1. The van der Waals surface area contributed by atoms with Gasteiger partial charge in [-0.1, -0.05) is 35.3 Å². The Morgan fingerprint density at radius 2 is 1.84 bits per heavy atom. The fourth-order valence-electron chi connectivity index (χ4n) is 3.41. The van der Waals surface area contributed by atoms with E-state index in [2.05, 4.69) is 15.3 Å². The lowest BCUT2D eigenvalue weighted by Crippen LogP contribution is -2.27. The third kappa shape index (κ3) is 6.37. The number of pyridine rings is 1. The molecular formula is C23H23Cl2N3O4. The Kier molecular flexibility index (Phi) is 8.36. The number of anilines is 1. The molecule has 9 heteroatoms. The van der Waals surface area contributed by atoms with Crippen LogP contribution >= 0.6 is 23.2 Å². The zero-order chi connectivity index (χ0) is 23.1. The first-order valence-corrected chi connectivity index (χ1v) is 11.1. The van der Waals surface area contributed by atoms with E-state index in [1.807, 2.05) is 0 Å². The van der Waals surface area contributed by atoms with Gasteiger partial charge in [-0.15, -0.1) is 0 Å². The van der Waals surface area contributed by atoms with Crippen molar-refractivity contribution in [3.63, 3.8) is 0 Å². The van der Waals surface area contributed by atoms with Crippen molar-refractivity contribution >= 4 is 52.3 Å². The highest BCUT2D eigenvalue weighted by molar-refractivity contribution is 6.40. The molecule has 168 valence electrons. The molecule has 0 unspecified atom stereocenters. The highest BCUT2D eigenvalue weighted by atomic mass is 35.5. The Balaban J connectivity index is 1.71. The second kappa shape index (κ2) is 11.2. The lowest BCUT2D eigenvalue weighted by atomic mass is 9.96. The van der Waals surface area contributed by atoms with Crippen LogP contribution in [-0.2, 0) is 20.7 Å². The molecule has 0 saturated heterocycles. The van der Waals surface area contributed by atoms with Gasteiger partial charge in [0.2, 0.25) is 0 Å². The van der Waals surface area contributed by atoms with Gasteiger partial charge < -0.3 is 10.1 Å². The van der Waals surface area contributed by atoms with Crippen LogP contribution in [0.4, 0.5) is 5.69 Å². The summed E-state index contributed by atoms with van der Waals surface area (Å²) in [5.74, 6) is -0.725. The van der Waals surface area contributed by atoms with Crippen LogP contribution in [0.1, 0.15) is 48.5 Å². The minimum absolute atomic E-state index is 0.145. The number of nitrogens with zero attached hydrogens (tertiary/aromatic N) is 2. The van der Waals surface area contributed by atoms with Gasteiger partial charge >= 0.3 is 5.97 Å². The molecule has 1 N–H and O–H groups in total. The van der Waals surface area contributed by atoms with E-state index in [4.69, 9.17) is 27.9 Å². The summed E-state index contributed by atoms with van der Waals surface area (Å²) < 4.78 is 5.17. The van der Waals surface area contributed by atoms with E-state index in [0.29, 0.717) is 31.4 Å². The number of carbonyl (C=O) groups excluding carboxylic acids is 3. The van der Waals surface area contributed by atoms with Gasteiger partial charge in [-0.25, -0.2) is 4.79 Å². The summed E-state index contributed by atoms with van der Waals surface area (Å²) in [5, 5.41) is 3.06. The number of rotatable bonds is 7. The molecule has 0 bridgehead atoms. The van der Waals surface area contributed by atoms with Crippen LogP contribution in [-0.4, -0.2) is 41.0 Å². The zero-order valence-corrected chi connectivity index (χ0v) is 19.1. The summed E-state index contributed by atoms with van der Waals surface area (Å²) in [6.07, 6.45) is 5.35. The Bertz CT molecular complexity index is 1020. The number of Topliss-reactive ketones (excluding diaryl/α,β-unsaturated/α-hetero) is 1. The Hall–Kier alpha value is -2.77. The van der Waals surface area contributed by atoms with E-state index < -0.39 is 17.9 Å². The lowest BCUT2D eigenvalue weighted by Gasteiger charge is -2.17. The number of esters is 1. The number of ether oxygens (including phenoxy) is 1. The van der Waals surface area contributed by atoms with E-state index in [9.17, 15) is 14.4 Å². The SMILES string of the molecule is CCOC(=O)[C@H](Cc1ccc(NC(=O)c2c(Cl)cncc2Cl)cc1)N=C1CCCC(=O)C1. The third-order valence-electron chi connectivity index (χ3n) is 4.94.